The van der Waals surface area contributed by atoms with Crippen LogP contribution in [0.2, 0.25) is 0 Å². The van der Waals surface area contributed by atoms with Gasteiger partial charge >= 0.3 is 5.97 Å². The molecule has 2 aromatic carbocycles. The van der Waals surface area contributed by atoms with E-state index in [0.29, 0.717) is 23.5 Å². The topological polar surface area (TPSA) is 69.6 Å². The molecule has 30 heavy (non-hydrogen) atoms. The van der Waals surface area contributed by atoms with Crippen molar-refractivity contribution in [3.05, 3.63) is 81.5 Å². The number of carboxylic acids is 1. The van der Waals surface area contributed by atoms with E-state index >= 15 is 0 Å². The van der Waals surface area contributed by atoms with Gasteiger partial charge in [-0.2, -0.15) is 0 Å². The number of rotatable bonds is 9. The van der Waals surface area contributed by atoms with Crippen LogP contribution in [0.4, 0.5) is 11.4 Å². The van der Waals surface area contributed by atoms with Gasteiger partial charge in [0.25, 0.3) is 5.91 Å². The molecular weight excluding hydrogens is 396 g/mol. The quantitative estimate of drug-likeness (QED) is 0.456. The molecule has 0 spiro atoms. The fourth-order valence-corrected chi connectivity index (χ4v) is 3.91. The van der Waals surface area contributed by atoms with Crippen molar-refractivity contribution in [1.29, 1.82) is 0 Å². The zero-order valence-electron chi connectivity index (χ0n) is 17.2. The second kappa shape index (κ2) is 10.1. The van der Waals surface area contributed by atoms with Crippen LogP contribution in [0.5, 0.6) is 0 Å². The maximum absolute atomic E-state index is 12.5. The van der Waals surface area contributed by atoms with Crippen molar-refractivity contribution in [2.24, 2.45) is 0 Å². The lowest BCUT2D eigenvalue weighted by Crippen LogP contribution is -2.25. The summed E-state index contributed by atoms with van der Waals surface area (Å²) in [5.41, 5.74) is 2.92. The molecule has 0 saturated carbocycles. The van der Waals surface area contributed by atoms with Crippen LogP contribution in [-0.4, -0.2) is 23.5 Å². The molecule has 1 aromatic heterocycles. The Labute approximate surface area is 181 Å². The van der Waals surface area contributed by atoms with Gasteiger partial charge in [0.2, 0.25) is 0 Å². The minimum absolute atomic E-state index is 0.185. The van der Waals surface area contributed by atoms with Crippen molar-refractivity contribution in [1.82, 2.24) is 0 Å². The maximum atomic E-state index is 12.5. The number of carbonyl (C=O) groups excluding carboxylic acids is 1. The third-order valence-electron chi connectivity index (χ3n) is 4.85. The molecule has 1 heterocycles. The van der Waals surface area contributed by atoms with Crippen LogP contribution in [0.25, 0.3) is 0 Å². The average molecular weight is 423 g/mol. The number of amides is 1. The molecule has 0 aliphatic rings. The van der Waals surface area contributed by atoms with Crippen molar-refractivity contribution in [3.8, 4) is 0 Å². The van der Waals surface area contributed by atoms with Gasteiger partial charge in [0.05, 0.1) is 17.8 Å². The first kappa shape index (κ1) is 21.6. The van der Waals surface area contributed by atoms with E-state index in [4.69, 9.17) is 0 Å². The molecule has 2 N–H and O–H groups in total. The first-order valence-corrected chi connectivity index (χ1v) is 10.9. The van der Waals surface area contributed by atoms with E-state index in [0.717, 1.165) is 24.9 Å². The van der Waals surface area contributed by atoms with Crippen LogP contribution in [0.15, 0.2) is 60.0 Å². The summed E-state index contributed by atoms with van der Waals surface area (Å²) in [6, 6.07) is 16.4. The molecule has 0 aliphatic heterocycles. The predicted molar refractivity (Wildman–Crippen MR) is 123 cm³/mol. The molecule has 1 amide bonds. The number of hydrogen-bond donors (Lipinski definition) is 2. The smallest absolute Gasteiger partial charge is 0.337 e. The van der Waals surface area contributed by atoms with Gasteiger partial charge in [0, 0.05) is 22.7 Å². The Kier molecular flexibility index (Phi) is 7.25. The first-order chi connectivity index (χ1) is 14.5. The number of benzene rings is 2. The molecule has 5 nitrogen and oxygen atoms in total. The summed E-state index contributed by atoms with van der Waals surface area (Å²) in [5.74, 6) is -1.27. The number of aryl methyl sites for hydroxylation is 1. The molecule has 3 aromatic rings. The predicted octanol–water partition coefficient (Wildman–Crippen LogP) is 5.81. The highest BCUT2D eigenvalue weighted by Gasteiger charge is 2.18. The van der Waals surface area contributed by atoms with Crippen molar-refractivity contribution in [2.45, 2.75) is 33.2 Å². The van der Waals surface area contributed by atoms with E-state index < -0.39 is 5.97 Å². The van der Waals surface area contributed by atoms with Gasteiger partial charge in [-0.15, -0.1) is 11.3 Å². The molecule has 0 atom stereocenters. The Hall–Kier alpha value is -3.12. The fraction of sp³-hybridized carbons (Fsp3) is 0.250. The Morgan fingerprint density at radius 1 is 1.10 bits per heavy atom. The Morgan fingerprint density at radius 3 is 2.50 bits per heavy atom. The van der Waals surface area contributed by atoms with E-state index in [9.17, 15) is 14.7 Å². The Bertz CT molecular complexity index is 998. The molecule has 3 rings (SSSR count). The van der Waals surface area contributed by atoms with Crippen molar-refractivity contribution in [2.75, 3.05) is 16.8 Å². The molecule has 156 valence electrons. The minimum Gasteiger partial charge on any atom is -0.478 e. The van der Waals surface area contributed by atoms with Gasteiger partial charge in [0.15, 0.2) is 0 Å². The largest absolute Gasteiger partial charge is 0.478 e. The fourth-order valence-electron chi connectivity index (χ4n) is 3.19. The molecule has 0 radical (unpaired) electrons. The van der Waals surface area contributed by atoms with Crippen LogP contribution in [-0.2, 0) is 6.54 Å². The van der Waals surface area contributed by atoms with Crippen molar-refractivity contribution >= 4 is 34.6 Å². The molecule has 0 unspecified atom stereocenters. The van der Waals surface area contributed by atoms with E-state index in [1.54, 1.807) is 35.6 Å². The van der Waals surface area contributed by atoms with Crippen LogP contribution in [0, 0.1) is 6.92 Å². The van der Waals surface area contributed by atoms with Crippen LogP contribution in [0.3, 0.4) is 0 Å². The van der Waals surface area contributed by atoms with E-state index in [1.165, 1.54) is 10.9 Å². The van der Waals surface area contributed by atoms with Crippen LogP contribution < -0.4 is 10.2 Å². The first-order valence-electron chi connectivity index (χ1n) is 10.0. The Morgan fingerprint density at radius 2 is 1.87 bits per heavy atom. The number of hydrogen-bond acceptors (Lipinski definition) is 4. The van der Waals surface area contributed by atoms with E-state index in [2.05, 4.69) is 23.2 Å². The number of carboxylic acid groups (broad SMARTS) is 1. The standard InChI is InChI=1S/C24H26N2O3S/c1-3-4-13-26(16-20-6-5-14-30-20)22-12-11-19(15-21(22)24(28)29)25-23(27)18-9-7-17(2)8-10-18/h5-12,14-15H,3-4,13,16H2,1-2H3,(H,25,27)(H,28,29). The van der Waals surface area contributed by atoms with Gasteiger partial charge in [-0.25, -0.2) is 4.79 Å². The van der Waals surface area contributed by atoms with Gasteiger partial charge in [-0.1, -0.05) is 37.1 Å². The van der Waals surface area contributed by atoms with Gasteiger partial charge in [-0.3, -0.25) is 4.79 Å². The van der Waals surface area contributed by atoms with E-state index in [1.807, 2.05) is 30.5 Å². The molecule has 0 aliphatic carbocycles. The lowest BCUT2D eigenvalue weighted by molar-refractivity contribution is 0.0697. The highest BCUT2D eigenvalue weighted by molar-refractivity contribution is 7.09. The summed E-state index contributed by atoms with van der Waals surface area (Å²) in [4.78, 5) is 27.8. The lowest BCUT2D eigenvalue weighted by Gasteiger charge is -2.26. The third-order valence-corrected chi connectivity index (χ3v) is 5.71. The van der Waals surface area contributed by atoms with Crippen LogP contribution >= 0.6 is 11.3 Å². The molecule has 0 saturated heterocycles. The van der Waals surface area contributed by atoms with Crippen molar-refractivity contribution in [3.63, 3.8) is 0 Å². The normalized spacial score (nSPS) is 10.6. The maximum Gasteiger partial charge on any atom is 0.337 e. The molecule has 6 heteroatoms. The Balaban J connectivity index is 1.86. The summed E-state index contributed by atoms with van der Waals surface area (Å²) in [5, 5.41) is 14.7. The molecule has 0 fully saturated rings. The second-order valence-corrected chi connectivity index (χ2v) is 8.24. The highest BCUT2D eigenvalue weighted by atomic mass is 32.1. The number of anilines is 2. The van der Waals surface area contributed by atoms with Gasteiger partial charge in [0.1, 0.15) is 0 Å². The minimum atomic E-state index is -1.01. The second-order valence-electron chi connectivity index (χ2n) is 7.21. The SMILES string of the molecule is CCCCN(Cc1cccs1)c1ccc(NC(=O)c2ccc(C)cc2)cc1C(=O)O. The summed E-state index contributed by atoms with van der Waals surface area (Å²) in [6.45, 7) is 5.50. The molecular formula is C24H26N2O3S. The number of nitrogens with one attached hydrogen (secondary N) is 1. The van der Waals surface area contributed by atoms with Crippen LogP contribution in [0.1, 0.15) is 50.9 Å². The van der Waals surface area contributed by atoms with Gasteiger partial charge in [-0.05, 0) is 55.1 Å². The number of aromatic carboxylic acids is 1. The number of carbonyl (C=O) groups is 2. The zero-order chi connectivity index (χ0) is 21.5. The summed E-state index contributed by atoms with van der Waals surface area (Å²) in [6.07, 6.45) is 1.99. The lowest BCUT2D eigenvalue weighted by atomic mass is 10.1. The monoisotopic (exact) mass is 422 g/mol. The summed E-state index contributed by atoms with van der Waals surface area (Å²) < 4.78 is 0. The summed E-state index contributed by atoms with van der Waals surface area (Å²) in [7, 11) is 0. The highest BCUT2D eigenvalue weighted by Crippen LogP contribution is 2.28. The third kappa shape index (κ3) is 5.48. The average Bonchev–Trinajstić information content (AvgIpc) is 3.24. The van der Waals surface area contributed by atoms with Crippen molar-refractivity contribution < 1.29 is 14.7 Å². The number of nitrogens with zero attached hydrogens (tertiary/aromatic N) is 1. The number of thiophene rings is 1. The van der Waals surface area contributed by atoms with E-state index in [-0.39, 0.29) is 11.5 Å². The number of unbranched alkanes of at least 4 members (excludes halogenated alkanes) is 1. The summed E-state index contributed by atoms with van der Waals surface area (Å²) >= 11 is 1.66. The molecule has 0 bridgehead atoms. The zero-order valence-corrected chi connectivity index (χ0v) is 18.0. The van der Waals surface area contributed by atoms with Gasteiger partial charge < -0.3 is 15.3 Å².